The molecule has 1 aromatic heterocycles. The Morgan fingerprint density at radius 1 is 1.35 bits per heavy atom. The third-order valence-corrected chi connectivity index (χ3v) is 7.31. The molecule has 0 amide bonds. The number of aromatic nitrogens is 1. The van der Waals surface area contributed by atoms with Gasteiger partial charge >= 0.3 is 0 Å². The van der Waals surface area contributed by atoms with Gasteiger partial charge in [0.05, 0.1) is 22.5 Å². The molecule has 0 bridgehead atoms. The minimum atomic E-state index is -3.11. The SMILES string of the molecule is CCS(=O)(=O)NCCCc1nc2c(s1)CCNC2Cc1ccc(Cl)cc1. The third-order valence-electron chi connectivity index (χ3n) is 4.47. The van der Waals surface area contributed by atoms with Gasteiger partial charge in [-0.3, -0.25) is 0 Å². The van der Waals surface area contributed by atoms with Crippen LogP contribution >= 0.6 is 22.9 Å². The van der Waals surface area contributed by atoms with Crippen molar-refractivity contribution >= 4 is 33.0 Å². The van der Waals surface area contributed by atoms with Crippen LogP contribution in [0.25, 0.3) is 0 Å². The van der Waals surface area contributed by atoms with E-state index < -0.39 is 10.0 Å². The Bertz CT molecular complexity index is 835. The van der Waals surface area contributed by atoms with Crippen LogP contribution in [0.1, 0.15) is 40.5 Å². The first kappa shape index (κ1) is 19.8. The molecule has 1 atom stereocenters. The van der Waals surface area contributed by atoms with Crippen LogP contribution < -0.4 is 10.0 Å². The summed E-state index contributed by atoms with van der Waals surface area (Å²) in [4.78, 5) is 6.21. The van der Waals surface area contributed by atoms with Gasteiger partial charge in [0, 0.05) is 29.4 Å². The molecule has 2 N–H and O–H groups in total. The lowest BCUT2D eigenvalue weighted by Crippen LogP contribution is -2.30. The summed E-state index contributed by atoms with van der Waals surface area (Å²) in [6.07, 6.45) is 3.47. The van der Waals surface area contributed by atoms with Crippen LogP contribution in [0, 0.1) is 0 Å². The summed E-state index contributed by atoms with van der Waals surface area (Å²) in [5, 5.41) is 5.41. The predicted octanol–water partition coefficient (Wildman–Crippen LogP) is 3.10. The van der Waals surface area contributed by atoms with E-state index in [9.17, 15) is 8.42 Å². The van der Waals surface area contributed by atoms with Gasteiger partial charge in [-0.15, -0.1) is 11.3 Å². The van der Waals surface area contributed by atoms with Crippen molar-refractivity contribution in [3.63, 3.8) is 0 Å². The van der Waals surface area contributed by atoms with E-state index in [1.54, 1.807) is 18.3 Å². The lowest BCUT2D eigenvalue weighted by molar-refractivity contribution is 0.495. The van der Waals surface area contributed by atoms with E-state index in [-0.39, 0.29) is 11.8 Å². The number of benzene rings is 1. The second kappa shape index (κ2) is 8.80. The maximum Gasteiger partial charge on any atom is 0.211 e. The summed E-state index contributed by atoms with van der Waals surface area (Å²) in [5.74, 6) is 0.122. The number of thiazole rings is 1. The summed E-state index contributed by atoms with van der Waals surface area (Å²) in [7, 11) is -3.11. The van der Waals surface area contributed by atoms with Gasteiger partial charge in [-0.1, -0.05) is 23.7 Å². The number of halogens is 1. The molecule has 1 unspecified atom stereocenters. The van der Waals surface area contributed by atoms with Gasteiger partial charge in [0.2, 0.25) is 10.0 Å². The summed E-state index contributed by atoms with van der Waals surface area (Å²) >= 11 is 7.73. The maximum absolute atomic E-state index is 11.5. The molecular formula is C18H24ClN3O2S2. The molecule has 1 aromatic carbocycles. The van der Waals surface area contributed by atoms with E-state index in [0.29, 0.717) is 6.54 Å². The molecule has 2 heterocycles. The average Bonchev–Trinajstić information content (AvgIpc) is 3.05. The van der Waals surface area contributed by atoms with Crippen molar-refractivity contribution in [2.75, 3.05) is 18.8 Å². The van der Waals surface area contributed by atoms with Gasteiger partial charge < -0.3 is 5.32 Å². The van der Waals surface area contributed by atoms with Gasteiger partial charge in [0.15, 0.2) is 0 Å². The van der Waals surface area contributed by atoms with Gasteiger partial charge in [0.25, 0.3) is 0 Å². The predicted molar refractivity (Wildman–Crippen MR) is 108 cm³/mol. The van der Waals surface area contributed by atoms with Crippen molar-refractivity contribution in [3.05, 3.63) is 50.4 Å². The van der Waals surface area contributed by atoms with Crippen molar-refractivity contribution in [2.24, 2.45) is 0 Å². The van der Waals surface area contributed by atoms with Crippen molar-refractivity contribution in [1.82, 2.24) is 15.0 Å². The van der Waals surface area contributed by atoms with Gasteiger partial charge in [-0.05, 0) is 43.9 Å². The smallest absolute Gasteiger partial charge is 0.211 e. The van der Waals surface area contributed by atoms with E-state index in [1.165, 1.54) is 10.4 Å². The Balaban J connectivity index is 1.60. The Hall–Kier alpha value is -0.990. The molecule has 2 aromatic rings. The summed E-state index contributed by atoms with van der Waals surface area (Å²) < 4.78 is 25.5. The van der Waals surface area contributed by atoms with E-state index in [2.05, 4.69) is 22.2 Å². The lowest BCUT2D eigenvalue weighted by atomic mass is 9.99. The third kappa shape index (κ3) is 5.27. The lowest BCUT2D eigenvalue weighted by Gasteiger charge is -2.23. The van der Waals surface area contributed by atoms with E-state index in [4.69, 9.17) is 16.6 Å². The number of aryl methyl sites for hydroxylation is 1. The second-order valence-electron chi connectivity index (χ2n) is 6.40. The Labute approximate surface area is 164 Å². The molecule has 0 spiro atoms. The first-order chi connectivity index (χ1) is 12.5. The highest BCUT2D eigenvalue weighted by molar-refractivity contribution is 7.89. The zero-order valence-electron chi connectivity index (χ0n) is 14.8. The average molecular weight is 414 g/mol. The van der Waals surface area contributed by atoms with Gasteiger partial charge in [-0.25, -0.2) is 18.1 Å². The Morgan fingerprint density at radius 3 is 2.85 bits per heavy atom. The minimum Gasteiger partial charge on any atom is -0.308 e. The van der Waals surface area contributed by atoms with Gasteiger partial charge in [-0.2, -0.15) is 0 Å². The second-order valence-corrected chi connectivity index (χ2v) is 10.1. The maximum atomic E-state index is 11.5. The van der Waals surface area contributed by atoms with Crippen molar-refractivity contribution in [2.45, 2.75) is 38.6 Å². The van der Waals surface area contributed by atoms with E-state index in [0.717, 1.165) is 48.0 Å². The standard InChI is InChI=1S/C18H24ClN3O2S2/c1-2-26(23,24)21-10-3-4-17-22-18-15(20-11-9-16(18)25-17)12-13-5-7-14(19)8-6-13/h5-8,15,20-21H,2-4,9-12H2,1H3. The van der Waals surface area contributed by atoms with Crippen molar-refractivity contribution in [3.8, 4) is 0 Å². The van der Waals surface area contributed by atoms with Crippen LogP contribution in [0.4, 0.5) is 0 Å². The van der Waals surface area contributed by atoms with Crippen LogP contribution in [0.15, 0.2) is 24.3 Å². The van der Waals surface area contributed by atoms with Crippen LogP contribution in [0.2, 0.25) is 5.02 Å². The zero-order valence-corrected chi connectivity index (χ0v) is 17.2. The van der Waals surface area contributed by atoms with Gasteiger partial charge in [0.1, 0.15) is 0 Å². The molecule has 0 aliphatic carbocycles. The first-order valence-corrected chi connectivity index (χ1v) is 11.7. The highest BCUT2D eigenvalue weighted by Crippen LogP contribution is 2.30. The topological polar surface area (TPSA) is 71.1 Å². The fourth-order valence-corrected chi connectivity index (χ4v) is 4.98. The highest BCUT2D eigenvalue weighted by Gasteiger charge is 2.24. The summed E-state index contributed by atoms with van der Waals surface area (Å²) in [5.41, 5.74) is 2.39. The van der Waals surface area contributed by atoms with Crippen molar-refractivity contribution in [1.29, 1.82) is 0 Å². The Kier molecular flexibility index (Phi) is 6.69. The number of nitrogens with one attached hydrogen (secondary N) is 2. The number of nitrogens with zero attached hydrogens (tertiary/aromatic N) is 1. The van der Waals surface area contributed by atoms with Crippen LogP contribution in [-0.2, 0) is 29.3 Å². The Morgan fingerprint density at radius 2 is 2.12 bits per heavy atom. The normalized spacial score (nSPS) is 17.2. The molecule has 0 saturated carbocycles. The molecule has 0 radical (unpaired) electrons. The molecule has 0 fully saturated rings. The minimum absolute atomic E-state index is 0.122. The van der Waals surface area contributed by atoms with Crippen LogP contribution in [0.5, 0.6) is 0 Å². The number of hydrogen-bond acceptors (Lipinski definition) is 5. The molecule has 1 aliphatic heterocycles. The zero-order chi connectivity index (χ0) is 18.6. The van der Waals surface area contributed by atoms with Crippen molar-refractivity contribution < 1.29 is 8.42 Å². The van der Waals surface area contributed by atoms with E-state index >= 15 is 0 Å². The fraction of sp³-hybridized carbons (Fsp3) is 0.500. The largest absolute Gasteiger partial charge is 0.308 e. The number of sulfonamides is 1. The number of hydrogen-bond donors (Lipinski definition) is 2. The van der Waals surface area contributed by atoms with E-state index in [1.807, 2.05) is 12.1 Å². The summed E-state index contributed by atoms with van der Waals surface area (Å²) in [6, 6.07) is 8.19. The fourth-order valence-electron chi connectivity index (χ4n) is 3.02. The quantitative estimate of drug-likeness (QED) is 0.652. The summed E-state index contributed by atoms with van der Waals surface area (Å²) in [6.45, 7) is 3.07. The molecule has 0 saturated heterocycles. The molecule has 3 rings (SSSR count). The highest BCUT2D eigenvalue weighted by atomic mass is 35.5. The van der Waals surface area contributed by atoms with Crippen LogP contribution in [0.3, 0.4) is 0 Å². The monoisotopic (exact) mass is 413 g/mol. The molecule has 142 valence electrons. The molecule has 5 nitrogen and oxygen atoms in total. The van der Waals surface area contributed by atoms with Crippen LogP contribution in [-0.4, -0.2) is 32.2 Å². The molecule has 8 heteroatoms. The number of fused-ring (bicyclic) bond motifs is 1. The molecule has 26 heavy (non-hydrogen) atoms. The first-order valence-electron chi connectivity index (χ1n) is 8.90. The molecular weight excluding hydrogens is 390 g/mol. The molecule has 1 aliphatic rings. The number of rotatable bonds is 8.